The topological polar surface area (TPSA) is 67.4 Å². The van der Waals surface area contributed by atoms with Crippen LogP contribution in [0.5, 0.6) is 0 Å². The Labute approximate surface area is 165 Å². The molecule has 0 radical (unpaired) electrons. The number of rotatable bonds is 11. The third-order valence-corrected chi connectivity index (χ3v) is 3.72. The molecular weight excluding hydrogens is 408 g/mol. The third-order valence-electron chi connectivity index (χ3n) is 3.17. The lowest BCUT2D eigenvalue weighted by atomic mass is 10.1. The van der Waals surface area contributed by atoms with Crippen molar-refractivity contribution in [2.75, 3.05) is 13.1 Å². The van der Waals surface area contributed by atoms with Gasteiger partial charge in [-0.15, -0.1) is 11.6 Å². The van der Waals surface area contributed by atoms with Crippen molar-refractivity contribution >= 4 is 39.5 Å². The van der Waals surface area contributed by atoms with Crippen LogP contribution in [0, 0.1) is 10.8 Å². The van der Waals surface area contributed by atoms with Gasteiger partial charge in [-0.2, -0.15) is 0 Å². The molecule has 25 heavy (non-hydrogen) atoms. The van der Waals surface area contributed by atoms with Gasteiger partial charge < -0.3 is 15.4 Å². The Morgan fingerprint density at radius 3 is 2.24 bits per heavy atom. The highest BCUT2D eigenvalue weighted by Crippen LogP contribution is 2.07. The first-order chi connectivity index (χ1) is 11.7. The number of unbranched alkanes of at least 4 members (excludes halogenated alkanes) is 3. The zero-order chi connectivity index (χ0) is 19.1. The molecular formula is C18H30BrClN2O3. The zero-order valence-electron chi connectivity index (χ0n) is 15.4. The molecule has 1 atom stereocenters. The molecule has 0 bridgehead atoms. The van der Waals surface area contributed by atoms with Crippen molar-refractivity contribution in [3.05, 3.63) is 0 Å². The molecule has 0 aromatic rings. The summed E-state index contributed by atoms with van der Waals surface area (Å²) < 4.78 is 5.15. The van der Waals surface area contributed by atoms with Crippen LogP contribution in [0.2, 0.25) is 0 Å². The Balaban J connectivity index is 3.44. The van der Waals surface area contributed by atoms with Gasteiger partial charge in [0.05, 0.1) is 5.38 Å². The minimum atomic E-state index is -0.464. The normalized spacial score (nSPS) is 11.9. The van der Waals surface area contributed by atoms with E-state index in [1.807, 2.05) is 20.8 Å². The molecule has 0 aromatic carbocycles. The number of alkyl carbamates (subject to hydrolysis) is 1. The van der Waals surface area contributed by atoms with E-state index < -0.39 is 5.60 Å². The summed E-state index contributed by atoms with van der Waals surface area (Å²) in [6.07, 6.45) is 5.40. The van der Waals surface area contributed by atoms with E-state index in [4.69, 9.17) is 16.3 Å². The molecule has 1 unspecified atom stereocenters. The van der Waals surface area contributed by atoms with Crippen LogP contribution < -0.4 is 10.6 Å². The van der Waals surface area contributed by atoms with Crippen LogP contribution in [0.1, 0.15) is 65.7 Å². The minimum absolute atomic E-state index is 0.0576. The van der Waals surface area contributed by atoms with Gasteiger partial charge in [0, 0.05) is 35.4 Å². The molecule has 144 valence electrons. The fourth-order valence-corrected chi connectivity index (χ4v) is 2.61. The Kier molecular flexibility index (Phi) is 13.7. The molecule has 2 amide bonds. The van der Waals surface area contributed by atoms with Crippen LogP contribution in [-0.4, -0.2) is 36.1 Å². The number of carbonyl (C=O) groups excluding carboxylic acids is 2. The van der Waals surface area contributed by atoms with Crippen LogP contribution in [-0.2, 0) is 9.53 Å². The molecule has 0 aliphatic carbocycles. The molecule has 0 heterocycles. The standard InChI is InChI=1S/C18H30BrClN2O3/c1-18(2,3)25-17(24)22-14-7-5-4-6-13-21-16(23)10-8-9-15(20)11-12-19/h15H,4-10,13-14H2,1-3H3,(H,21,23)(H,22,24). The first-order valence-corrected chi connectivity index (χ1v) is 9.96. The van der Waals surface area contributed by atoms with E-state index in [2.05, 4.69) is 37.3 Å². The van der Waals surface area contributed by atoms with Gasteiger partial charge in [0.25, 0.3) is 0 Å². The highest BCUT2D eigenvalue weighted by Gasteiger charge is 2.15. The van der Waals surface area contributed by atoms with E-state index in [1.54, 1.807) is 0 Å². The van der Waals surface area contributed by atoms with Gasteiger partial charge in [0.2, 0.25) is 5.91 Å². The lowest BCUT2D eigenvalue weighted by Gasteiger charge is -2.19. The molecule has 7 heteroatoms. The van der Waals surface area contributed by atoms with Gasteiger partial charge in [0.15, 0.2) is 0 Å². The van der Waals surface area contributed by atoms with E-state index in [9.17, 15) is 9.59 Å². The summed E-state index contributed by atoms with van der Waals surface area (Å²) in [5.74, 6) is 2.84. The molecule has 0 rings (SSSR count). The van der Waals surface area contributed by atoms with Gasteiger partial charge in [-0.05, 0) is 51.3 Å². The second-order valence-electron chi connectivity index (χ2n) is 6.79. The van der Waals surface area contributed by atoms with Gasteiger partial charge in [0.1, 0.15) is 5.60 Å². The molecule has 0 aliphatic heterocycles. The average molecular weight is 438 g/mol. The average Bonchev–Trinajstić information content (AvgIpc) is 2.48. The molecule has 0 fully saturated rings. The van der Waals surface area contributed by atoms with Crippen molar-refractivity contribution in [3.8, 4) is 10.8 Å². The summed E-state index contributed by atoms with van der Waals surface area (Å²) >= 11 is 8.94. The zero-order valence-corrected chi connectivity index (χ0v) is 17.8. The second-order valence-corrected chi connectivity index (χ2v) is 7.71. The van der Waals surface area contributed by atoms with Crippen molar-refractivity contribution < 1.29 is 14.3 Å². The predicted molar refractivity (Wildman–Crippen MR) is 106 cm³/mol. The summed E-state index contributed by atoms with van der Waals surface area (Å²) in [5, 5.41) is 5.43. The molecule has 2 N–H and O–H groups in total. The van der Waals surface area contributed by atoms with Crippen LogP contribution in [0.3, 0.4) is 0 Å². The number of ether oxygens (including phenoxy) is 1. The molecule has 5 nitrogen and oxygen atoms in total. The van der Waals surface area contributed by atoms with Crippen molar-refractivity contribution in [2.24, 2.45) is 0 Å². The number of nitrogens with one attached hydrogen (secondary N) is 2. The molecule has 0 aromatic heterocycles. The van der Waals surface area contributed by atoms with Crippen molar-refractivity contribution in [2.45, 2.75) is 76.7 Å². The smallest absolute Gasteiger partial charge is 0.407 e. The van der Waals surface area contributed by atoms with Gasteiger partial charge in [-0.25, -0.2) is 4.79 Å². The Hall–Kier alpha value is -0.930. The quantitative estimate of drug-likeness (QED) is 0.287. The maximum Gasteiger partial charge on any atom is 0.407 e. The number of alkyl halides is 1. The van der Waals surface area contributed by atoms with Gasteiger partial charge in [-0.1, -0.05) is 18.8 Å². The number of halogens is 2. The van der Waals surface area contributed by atoms with E-state index in [0.29, 0.717) is 25.9 Å². The Bertz CT molecular complexity index is 455. The summed E-state index contributed by atoms with van der Waals surface area (Å²) in [5.41, 5.74) is -0.464. The number of carbonyl (C=O) groups is 2. The van der Waals surface area contributed by atoms with Crippen molar-refractivity contribution in [1.29, 1.82) is 0 Å². The fourth-order valence-electron chi connectivity index (χ4n) is 2.00. The lowest BCUT2D eigenvalue weighted by Crippen LogP contribution is -2.33. The molecule has 0 spiro atoms. The van der Waals surface area contributed by atoms with Crippen LogP contribution >= 0.6 is 27.5 Å². The SMILES string of the molecule is CC(C)(C)OC(=O)NCCCCCCNC(=O)CCCC(Cl)C#CBr. The minimum Gasteiger partial charge on any atom is -0.444 e. The van der Waals surface area contributed by atoms with E-state index >= 15 is 0 Å². The van der Waals surface area contributed by atoms with Gasteiger partial charge in [-0.3, -0.25) is 4.79 Å². The highest BCUT2D eigenvalue weighted by molar-refractivity contribution is 9.12. The fraction of sp³-hybridized carbons (Fsp3) is 0.778. The highest BCUT2D eigenvalue weighted by atomic mass is 79.9. The first kappa shape index (κ1) is 24.1. The van der Waals surface area contributed by atoms with Gasteiger partial charge >= 0.3 is 6.09 Å². The van der Waals surface area contributed by atoms with Crippen molar-refractivity contribution in [1.82, 2.24) is 10.6 Å². The second kappa shape index (κ2) is 14.3. The molecule has 0 saturated carbocycles. The largest absolute Gasteiger partial charge is 0.444 e. The number of amides is 2. The first-order valence-electron chi connectivity index (χ1n) is 8.73. The Morgan fingerprint density at radius 1 is 1.08 bits per heavy atom. The predicted octanol–water partition coefficient (Wildman–Crippen LogP) is 4.32. The van der Waals surface area contributed by atoms with Crippen molar-refractivity contribution in [3.63, 3.8) is 0 Å². The molecule has 0 saturated heterocycles. The Morgan fingerprint density at radius 2 is 1.68 bits per heavy atom. The summed E-state index contributed by atoms with van der Waals surface area (Å²) in [4.78, 5) is 25.7. The van der Waals surface area contributed by atoms with Crippen LogP contribution in [0.15, 0.2) is 0 Å². The van der Waals surface area contributed by atoms with E-state index in [-0.39, 0.29) is 17.4 Å². The van der Waals surface area contributed by atoms with Crippen LogP contribution in [0.4, 0.5) is 4.79 Å². The summed E-state index contributed by atoms with van der Waals surface area (Å²) in [6.45, 7) is 6.81. The van der Waals surface area contributed by atoms with Crippen LogP contribution in [0.25, 0.3) is 0 Å². The van der Waals surface area contributed by atoms with E-state index in [0.717, 1.165) is 32.1 Å². The number of hydrogen-bond acceptors (Lipinski definition) is 3. The lowest BCUT2D eigenvalue weighted by molar-refractivity contribution is -0.121. The summed E-state index contributed by atoms with van der Waals surface area (Å²) in [6, 6.07) is 0. The molecule has 0 aliphatic rings. The monoisotopic (exact) mass is 436 g/mol. The maximum absolute atomic E-state index is 11.6. The summed E-state index contributed by atoms with van der Waals surface area (Å²) in [7, 11) is 0. The van der Waals surface area contributed by atoms with E-state index in [1.165, 1.54) is 0 Å². The maximum atomic E-state index is 11.6. The number of hydrogen-bond donors (Lipinski definition) is 2. The third kappa shape index (κ3) is 17.7.